The number of thioether (sulfide) groups is 1. The van der Waals surface area contributed by atoms with Crippen LogP contribution in [0.2, 0.25) is 4.47 Å². The molecule has 1 nitrogen and oxygen atoms in total. The first kappa shape index (κ1) is 11.3. The van der Waals surface area contributed by atoms with Crippen LogP contribution in [-0.2, 0) is 5.75 Å². The maximum atomic E-state index is 5.74. The first-order valence-electron chi connectivity index (χ1n) is 4.31. The molecule has 1 rings (SSSR count). The summed E-state index contributed by atoms with van der Waals surface area (Å²) in [6, 6.07) is 0. The Balaban J connectivity index is 2.35. The van der Waals surface area contributed by atoms with Crippen LogP contribution in [0.5, 0.6) is 0 Å². The Morgan fingerprint density at radius 1 is 1.54 bits per heavy atom. The van der Waals surface area contributed by atoms with Crippen molar-refractivity contribution in [3.8, 4) is 0 Å². The van der Waals surface area contributed by atoms with Gasteiger partial charge in [-0.05, 0) is 5.92 Å². The van der Waals surface area contributed by atoms with E-state index >= 15 is 0 Å². The summed E-state index contributed by atoms with van der Waals surface area (Å²) in [5.74, 6) is 1.76. The van der Waals surface area contributed by atoms with Crippen molar-refractivity contribution < 1.29 is 0 Å². The van der Waals surface area contributed by atoms with Gasteiger partial charge >= 0.3 is 0 Å². The van der Waals surface area contributed by atoms with Crippen LogP contribution in [0.4, 0.5) is 0 Å². The molecule has 0 amide bonds. The number of thiazole rings is 1. The van der Waals surface area contributed by atoms with Crippen LogP contribution >= 0.6 is 34.7 Å². The molecule has 0 spiro atoms. The number of nitrogens with zero attached hydrogens (tertiary/aromatic N) is 1. The predicted molar refractivity (Wildman–Crippen MR) is 62.7 cm³/mol. The first-order valence-corrected chi connectivity index (χ1v) is 6.55. The van der Waals surface area contributed by atoms with E-state index in [0.717, 1.165) is 11.7 Å². The Bertz CT molecular complexity index is 260. The molecule has 1 unspecified atom stereocenters. The molecule has 1 atom stereocenters. The van der Waals surface area contributed by atoms with Gasteiger partial charge in [0.25, 0.3) is 0 Å². The van der Waals surface area contributed by atoms with Crippen molar-refractivity contribution in [2.75, 3.05) is 0 Å². The predicted octanol–water partition coefficient (Wildman–Crippen LogP) is 4.07. The van der Waals surface area contributed by atoms with Gasteiger partial charge in [-0.25, -0.2) is 4.98 Å². The van der Waals surface area contributed by atoms with E-state index < -0.39 is 0 Å². The van der Waals surface area contributed by atoms with Gasteiger partial charge in [0.1, 0.15) is 0 Å². The van der Waals surface area contributed by atoms with E-state index in [1.165, 1.54) is 4.88 Å². The van der Waals surface area contributed by atoms with Gasteiger partial charge in [0.05, 0.1) is 0 Å². The molecule has 0 aliphatic heterocycles. The molecule has 13 heavy (non-hydrogen) atoms. The smallest absolute Gasteiger partial charge is 0.183 e. The molecule has 0 saturated carbocycles. The SMILES string of the molecule is CC(C)C(C)SCc1cnc(Cl)s1. The second-order valence-corrected chi connectivity index (χ2v) is 6.40. The fraction of sp³-hybridized carbons (Fsp3) is 0.667. The summed E-state index contributed by atoms with van der Waals surface area (Å²) in [6.45, 7) is 6.76. The minimum Gasteiger partial charge on any atom is -0.233 e. The highest BCUT2D eigenvalue weighted by Crippen LogP contribution is 2.27. The van der Waals surface area contributed by atoms with Gasteiger partial charge in [-0.2, -0.15) is 11.8 Å². The third-order valence-corrected chi connectivity index (χ3v) is 4.80. The quantitative estimate of drug-likeness (QED) is 0.780. The highest BCUT2D eigenvalue weighted by Gasteiger charge is 2.08. The van der Waals surface area contributed by atoms with Gasteiger partial charge in [0.15, 0.2) is 4.47 Å². The van der Waals surface area contributed by atoms with E-state index in [1.807, 2.05) is 18.0 Å². The molecule has 74 valence electrons. The maximum Gasteiger partial charge on any atom is 0.183 e. The lowest BCUT2D eigenvalue weighted by Gasteiger charge is -2.13. The normalized spacial score (nSPS) is 13.6. The van der Waals surface area contributed by atoms with Crippen molar-refractivity contribution in [3.63, 3.8) is 0 Å². The molecule has 1 heterocycles. The summed E-state index contributed by atoms with van der Waals surface area (Å²) in [4.78, 5) is 5.28. The average molecular weight is 236 g/mol. The average Bonchev–Trinajstić information content (AvgIpc) is 2.47. The van der Waals surface area contributed by atoms with Crippen LogP contribution in [0.1, 0.15) is 25.6 Å². The molecular formula is C9H14ClNS2. The fourth-order valence-corrected chi connectivity index (χ4v) is 2.86. The third kappa shape index (κ3) is 3.88. The molecular weight excluding hydrogens is 222 g/mol. The monoisotopic (exact) mass is 235 g/mol. The van der Waals surface area contributed by atoms with Crippen LogP contribution < -0.4 is 0 Å². The van der Waals surface area contributed by atoms with E-state index in [-0.39, 0.29) is 0 Å². The summed E-state index contributed by atoms with van der Waals surface area (Å²) in [5, 5.41) is 0.695. The molecule has 0 aromatic carbocycles. The van der Waals surface area contributed by atoms with Crippen molar-refractivity contribution in [1.29, 1.82) is 0 Å². The van der Waals surface area contributed by atoms with Crippen LogP contribution in [0.3, 0.4) is 0 Å². The molecule has 0 saturated heterocycles. The van der Waals surface area contributed by atoms with Gasteiger partial charge in [-0.3, -0.25) is 0 Å². The molecule has 0 bridgehead atoms. The number of halogens is 1. The van der Waals surface area contributed by atoms with Gasteiger partial charge in [0, 0.05) is 22.1 Å². The number of rotatable bonds is 4. The Kier molecular flexibility index (Phi) is 4.56. The number of aromatic nitrogens is 1. The van der Waals surface area contributed by atoms with E-state index in [0.29, 0.717) is 9.72 Å². The zero-order chi connectivity index (χ0) is 9.84. The highest BCUT2D eigenvalue weighted by molar-refractivity contribution is 7.99. The van der Waals surface area contributed by atoms with Crippen molar-refractivity contribution in [1.82, 2.24) is 4.98 Å². The van der Waals surface area contributed by atoms with Crippen LogP contribution in [-0.4, -0.2) is 10.2 Å². The second kappa shape index (κ2) is 5.23. The van der Waals surface area contributed by atoms with Gasteiger partial charge in [-0.15, -0.1) is 11.3 Å². The molecule has 0 aliphatic carbocycles. The summed E-state index contributed by atoms with van der Waals surface area (Å²) in [5.41, 5.74) is 0. The van der Waals surface area contributed by atoms with Crippen molar-refractivity contribution in [3.05, 3.63) is 15.5 Å². The lowest BCUT2D eigenvalue weighted by Crippen LogP contribution is -2.05. The van der Waals surface area contributed by atoms with Crippen molar-refractivity contribution in [2.24, 2.45) is 5.92 Å². The molecule has 0 radical (unpaired) electrons. The topological polar surface area (TPSA) is 12.9 Å². The summed E-state index contributed by atoms with van der Waals surface area (Å²) in [7, 11) is 0. The highest BCUT2D eigenvalue weighted by atomic mass is 35.5. The lowest BCUT2D eigenvalue weighted by atomic mass is 10.2. The van der Waals surface area contributed by atoms with E-state index in [4.69, 9.17) is 11.6 Å². The third-order valence-electron chi connectivity index (χ3n) is 1.95. The van der Waals surface area contributed by atoms with E-state index in [2.05, 4.69) is 25.8 Å². The van der Waals surface area contributed by atoms with Crippen LogP contribution in [0, 0.1) is 5.92 Å². The molecule has 1 aromatic heterocycles. The number of hydrogen-bond acceptors (Lipinski definition) is 3. The minimum atomic E-state index is 0.646. The van der Waals surface area contributed by atoms with Crippen molar-refractivity contribution in [2.45, 2.75) is 31.8 Å². The van der Waals surface area contributed by atoms with E-state index in [1.54, 1.807) is 11.3 Å². The lowest BCUT2D eigenvalue weighted by molar-refractivity contribution is 0.642. The van der Waals surface area contributed by atoms with E-state index in [9.17, 15) is 0 Å². The largest absolute Gasteiger partial charge is 0.233 e. The number of hydrogen-bond donors (Lipinski definition) is 0. The Morgan fingerprint density at radius 3 is 2.69 bits per heavy atom. The van der Waals surface area contributed by atoms with Gasteiger partial charge in [0.2, 0.25) is 0 Å². The van der Waals surface area contributed by atoms with Gasteiger partial charge in [-0.1, -0.05) is 32.4 Å². The first-order chi connectivity index (χ1) is 6.09. The van der Waals surface area contributed by atoms with Gasteiger partial charge < -0.3 is 0 Å². The molecule has 0 aliphatic rings. The van der Waals surface area contributed by atoms with Crippen molar-refractivity contribution >= 4 is 34.7 Å². The summed E-state index contributed by atoms with van der Waals surface area (Å²) < 4.78 is 0.646. The van der Waals surface area contributed by atoms with Crippen LogP contribution in [0.15, 0.2) is 6.20 Å². The summed E-state index contributed by atoms with van der Waals surface area (Å²) in [6.07, 6.45) is 1.87. The zero-order valence-corrected chi connectivity index (χ0v) is 10.5. The molecule has 4 heteroatoms. The Hall–Kier alpha value is 0.270. The Morgan fingerprint density at radius 2 is 2.23 bits per heavy atom. The molecule has 1 aromatic rings. The Labute approximate surface area is 92.9 Å². The zero-order valence-electron chi connectivity index (χ0n) is 8.08. The minimum absolute atomic E-state index is 0.646. The summed E-state index contributed by atoms with van der Waals surface area (Å²) >= 11 is 9.27. The second-order valence-electron chi connectivity index (χ2n) is 3.34. The maximum absolute atomic E-state index is 5.74. The van der Waals surface area contributed by atoms with Crippen LogP contribution in [0.25, 0.3) is 0 Å². The molecule has 0 fully saturated rings. The molecule has 0 N–H and O–H groups in total. The standard InChI is InChI=1S/C9H14ClNS2/c1-6(2)7(3)12-5-8-4-11-9(10)13-8/h4,6-7H,5H2,1-3H3. The fourth-order valence-electron chi connectivity index (χ4n) is 0.756.